The predicted octanol–water partition coefficient (Wildman–Crippen LogP) is 1.66. The summed E-state index contributed by atoms with van der Waals surface area (Å²) in [7, 11) is 0. The van der Waals surface area contributed by atoms with Gasteiger partial charge in [-0.15, -0.1) is 0 Å². The first-order valence-electron chi connectivity index (χ1n) is 8.16. The highest BCUT2D eigenvalue weighted by molar-refractivity contribution is 5.77. The molecular formula is C17H23NO5. The lowest BCUT2D eigenvalue weighted by Gasteiger charge is -2.22. The smallest absolute Gasteiger partial charge is 0.246 e. The second kappa shape index (κ2) is 8.17. The van der Waals surface area contributed by atoms with Crippen LogP contribution in [0.5, 0.6) is 11.5 Å². The molecule has 1 saturated heterocycles. The molecule has 0 aliphatic carbocycles. The largest absolute Gasteiger partial charge is 0.454 e. The summed E-state index contributed by atoms with van der Waals surface area (Å²) in [5.41, 5.74) is 1.10. The van der Waals surface area contributed by atoms with E-state index in [0.29, 0.717) is 13.2 Å². The Bertz CT molecular complexity index is 528. The highest BCUT2D eigenvalue weighted by atomic mass is 16.7. The number of hydrogen-bond donors (Lipinski definition) is 1. The summed E-state index contributed by atoms with van der Waals surface area (Å²) in [6.45, 7) is 2.23. The van der Waals surface area contributed by atoms with Crippen molar-refractivity contribution in [2.45, 2.75) is 31.8 Å². The highest BCUT2D eigenvalue weighted by Crippen LogP contribution is 2.32. The molecule has 1 fully saturated rings. The van der Waals surface area contributed by atoms with Crippen molar-refractivity contribution in [3.8, 4) is 11.5 Å². The Kier molecular flexibility index (Phi) is 5.71. The first-order valence-corrected chi connectivity index (χ1v) is 8.16. The molecule has 1 aromatic rings. The number of hydrogen-bond acceptors (Lipinski definition) is 5. The van der Waals surface area contributed by atoms with Crippen molar-refractivity contribution >= 4 is 5.91 Å². The molecule has 2 aliphatic rings. The molecule has 23 heavy (non-hydrogen) atoms. The van der Waals surface area contributed by atoms with Crippen LogP contribution in [-0.2, 0) is 20.7 Å². The fourth-order valence-corrected chi connectivity index (χ4v) is 2.72. The first-order chi connectivity index (χ1) is 11.3. The minimum absolute atomic E-state index is 0.0843. The number of carbonyl (C=O) groups excluding carboxylic acids is 1. The normalized spacial score (nSPS) is 19.6. The lowest BCUT2D eigenvalue weighted by atomic mass is 10.1. The fraction of sp³-hybridized carbons (Fsp3) is 0.588. The summed E-state index contributed by atoms with van der Waals surface area (Å²) in [4.78, 5) is 11.7. The van der Waals surface area contributed by atoms with Gasteiger partial charge in [-0.25, -0.2) is 0 Å². The Balaban J connectivity index is 1.30. The third-order valence-corrected chi connectivity index (χ3v) is 3.98. The van der Waals surface area contributed by atoms with Crippen LogP contribution in [0.1, 0.15) is 24.8 Å². The average molecular weight is 321 g/mol. The van der Waals surface area contributed by atoms with Gasteiger partial charge in [-0.2, -0.15) is 0 Å². The lowest BCUT2D eigenvalue weighted by Crippen LogP contribution is -2.32. The van der Waals surface area contributed by atoms with Crippen molar-refractivity contribution in [1.29, 1.82) is 0 Å². The Hall–Kier alpha value is -1.79. The van der Waals surface area contributed by atoms with Crippen LogP contribution in [0, 0.1) is 0 Å². The van der Waals surface area contributed by atoms with Gasteiger partial charge in [-0.1, -0.05) is 6.07 Å². The zero-order chi connectivity index (χ0) is 15.9. The number of ether oxygens (including phenoxy) is 4. The quantitative estimate of drug-likeness (QED) is 0.827. The molecule has 0 bridgehead atoms. The molecule has 126 valence electrons. The van der Waals surface area contributed by atoms with Crippen molar-refractivity contribution < 1.29 is 23.7 Å². The molecule has 1 aromatic carbocycles. The predicted molar refractivity (Wildman–Crippen MR) is 83.7 cm³/mol. The van der Waals surface area contributed by atoms with Gasteiger partial charge >= 0.3 is 0 Å². The zero-order valence-corrected chi connectivity index (χ0v) is 13.2. The van der Waals surface area contributed by atoms with E-state index in [2.05, 4.69) is 5.32 Å². The van der Waals surface area contributed by atoms with Crippen LogP contribution in [0.2, 0.25) is 0 Å². The number of benzene rings is 1. The molecule has 6 nitrogen and oxygen atoms in total. The second-order valence-electron chi connectivity index (χ2n) is 5.79. The molecule has 2 heterocycles. The van der Waals surface area contributed by atoms with E-state index in [1.165, 1.54) is 6.42 Å². The number of carbonyl (C=O) groups is 1. The fourth-order valence-electron chi connectivity index (χ4n) is 2.72. The first kappa shape index (κ1) is 16.1. The molecule has 0 spiro atoms. The van der Waals surface area contributed by atoms with Crippen LogP contribution in [0.3, 0.4) is 0 Å². The molecule has 1 unspecified atom stereocenters. The van der Waals surface area contributed by atoms with Gasteiger partial charge in [0.25, 0.3) is 0 Å². The summed E-state index contributed by atoms with van der Waals surface area (Å²) in [5, 5.41) is 2.86. The van der Waals surface area contributed by atoms with Crippen molar-refractivity contribution in [1.82, 2.24) is 5.32 Å². The summed E-state index contributed by atoms with van der Waals surface area (Å²) in [6, 6.07) is 5.83. The van der Waals surface area contributed by atoms with E-state index in [9.17, 15) is 4.79 Å². The molecular weight excluding hydrogens is 298 g/mol. The molecule has 3 rings (SSSR count). The van der Waals surface area contributed by atoms with E-state index in [1.807, 2.05) is 18.2 Å². The molecule has 6 heteroatoms. The van der Waals surface area contributed by atoms with Gasteiger partial charge in [0.05, 0.1) is 12.7 Å². The maximum Gasteiger partial charge on any atom is 0.246 e. The van der Waals surface area contributed by atoms with E-state index in [-0.39, 0.29) is 25.4 Å². The molecule has 0 saturated carbocycles. The van der Waals surface area contributed by atoms with Crippen LogP contribution in [0.25, 0.3) is 0 Å². The SMILES string of the molecule is O=C(COCC1CCCCO1)NCCc1ccc2c(c1)OCO2. The molecule has 1 amide bonds. The molecule has 1 N–H and O–H groups in total. The second-order valence-corrected chi connectivity index (χ2v) is 5.79. The number of fused-ring (bicyclic) bond motifs is 1. The molecule has 2 aliphatic heterocycles. The van der Waals surface area contributed by atoms with Crippen LogP contribution in [0.15, 0.2) is 18.2 Å². The molecule has 1 atom stereocenters. The third-order valence-electron chi connectivity index (χ3n) is 3.98. The highest BCUT2D eigenvalue weighted by Gasteiger charge is 2.15. The van der Waals surface area contributed by atoms with Crippen molar-refractivity contribution in [3.63, 3.8) is 0 Å². The van der Waals surface area contributed by atoms with E-state index in [0.717, 1.165) is 42.9 Å². The van der Waals surface area contributed by atoms with E-state index in [1.54, 1.807) is 0 Å². The lowest BCUT2D eigenvalue weighted by molar-refractivity contribution is -0.127. The molecule has 0 aromatic heterocycles. The average Bonchev–Trinajstić information content (AvgIpc) is 3.03. The van der Waals surface area contributed by atoms with Crippen LogP contribution >= 0.6 is 0 Å². The summed E-state index contributed by atoms with van der Waals surface area (Å²) in [5.74, 6) is 1.45. The summed E-state index contributed by atoms with van der Waals surface area (Å²) >= 11 is 0. The van der Waals surface area contributed by atoms with Gasteiger partial charge in [-0.05, 0) is 43.4 Å². The minimum atomic E-state index is -0.0958. The Morgan fingerprint density at radius 2 is 2.17 bits per heavy atom. The monoisotopic (exact) mass is 321 g/mol. The van der Waals surface area contributed by atoms with Crippen molar-refractivity contribution in [3.05, 3.63) is 23.8 Å². The number of nitrogens with one attached hydrogen (secondary N) is 1. The maximum absolute atomic E-state index is 11.7. The van der Waals surface area contributed by atoms with E-state index < -0.39 is 0 Å². The van der Waals surface area contributed by atoms with Gasteiger partial charge < -0.3 is 24.3 Å². The Labute approximate surface area is 136 Å². The number of rotatable bonds is 7. The third kappa shape index (κ3) is 4.84. The maximum atomic E-state index is 11.7. The standard InChI is InChI=1S/C17H23NO5/c19-17(11-20-10-14-3-1-2-8-21-14)18-7-6-13-4-5-15-16(9-13)23-12-22-15/h4-5,9,14H,1-3,6-8,10-12H2,(H,18,19). The van der Waals surface area contributed by atoms with E-state index >= 15 is 0 Å². The minimum Gasteiger partial charge on any atom is -0.454 e. The van der Waals surface area contributed by atoms with Crippen LogP contribution < -0.4 is 14.8 Å². The van der Waals surface area contributed by atoms with Gasteiger partial charge in [0, 0.05) is 13.2 Å². The van der Waals surface area contributed by atoms with Gasteiger partial charge in [0.1, 0.15) is 6.61 Å². The van der Waals surface area contributed by atoms with Crippen molar-refractivity contribution in [2.75, 3.05) is 33.2 Å². The van der Waals surface area contributed by atoms with Crippen molar-refractivity contribution in [2.24, 2.45) is 0 Å². The van der Waals surface area contributed by atoms with Gasteiger partial charge in [0.15, 0.2) is 11.5 Å². The topological polar surface area (TPSA) is 66.0 Å². The zero-order valence-electron chi connectivity index (χ0n) is 13.2. The van der Waals surface area contributed by atoms with Crippen LogP contribution in [0.4, 0.5) is 0 Å². The van der Waals surface area contributed by atoms with Gasteiger partial charge in [-0.3, -0.25) is 4.79 Å². The number of amides is 1. The summed E-state index contributed by atoms with van der Waals surface area (Å²) in [6.07, 6.45) is 4.21. The van der Waals surface area contributed by atoms with E-state index in [4.69, 9.17) is 18.9 Å². The summed E-state index contributed by atoms with van der Waals surface area (Å²) < 4.78 is 21.6. The molecule has 0 radical (unpaired) electrons. The van der Waals surface area contributed by atoms with Crippen LogP contribution in [-0.4, -0.2) is 45.2 Å². The Morgan fingerprint density at radius 3 is 3.04 bits per heavy atom. The van der Waals surface area contributed by atoms with Gasteiger partial charge in [0.2, 0.25) is 12.7 Å². The Morgan fingerprint density at radius 1 is 1.26 bits per heavy atom.